The lowest BCUT2D eigenvalue weighted by molar-refractivity contribution is -0.158. The standard InChI is InChI=1S/C11H18O2/c1-11(2,3)10(12)13-9-5-7-4-8(7)6-9/h7-9H,4-6H2,1-3H3. The molecule has 2 nitrogen and oxygen atoms in total. The average Bonchev–Trinajstić information content (AvgIpc) is 2.57. The number of carbonyl (C=O) groups is 1. The molecule has 0 N–H and O–H groups in total. The number of hydrogen-bond acceptors (Lipinski definition) is 2. The van der Waals surface area contributed by atoms with Crippen molar-refractivity contribution in [3.63, 3.8) is 0 Å². The Balaban J connectivity index is 1.81. The highest BCUT2D eigenvalue weighted by molar-refractivity contribution is 5.75. The van der Waals surface area contributed by atoms with Gasteiger partial charge in [0.25, 0.3) is 0 Å². The van der Waals surface area contributed by atoms with Gasteiger partial charge in [0, 0.05) is 0 Å². The van der Waals surface area contributed by atoms with E-state index in [1.54, 1.807) is 0 Å². The summed E-state index contributed by atoms with van der Waals surface area (Å²) in [5, 5.41) is 0. The predicted molar refractivity (Wildman–Crippen MR) is 50.2 cm³/mol. The summed E-state index contributed by atoms with van der Waals surface area (Å²) in [5.41, 5.74) is -0.340. The second-order valence-corrected chi connectivity index (χ2v) is 5.50. The van der Waals surface area contributed by atoms with E-state index in [0.29, 0.717) is 0 Å². The molecule has 0 radical (unpaired) electrons. The molecule has 74 valence electrons. The first-order chi connectivity index (χ1) is 5.97. The largest absolute Gasteiger partial charge is 0.462 e. The first-order valence-corrected chi connectivity index (χ1v) is 5.18. The van der Waals surface area contributed by atoms with Crippen LogP contribution in [-0.4, -0.2) is 12.1 Å². The second kappa shape index (κ2) is 2.73. The Morgan fingerprint density at radius 1 is 1.15 bits per heavy atom. The Morgan fingerprint density at radius 2 is 1.69 bits per heavy atom. The van der Waals surface area contributed by atoms with Crippen LogP contribution < -0.4 is 0 Å². The van der Waals surface area contributed by atoms with E-state index in [1.165, 1.54) is 6.42 Å². The molecule has 0 amide bonds. The van der Waals surface area contributed by atoms with E-state index in [-0.39, 0.29) is 17.5 Å². The summed E-state index contributed by atoms with van der Waals surface area (Å²) < 4.78 is 5.44. The molecule has 0 aromatic carbocycles. The third kappa shape index (κ3) is 1.87. The topological polar surface area (TPSA) is 26.3 Å². The van der Waals surface area contributed by atoms with Crippen LogP contribution in [0.3, 0.4) is 0 Å². The van der Waals surface area contributed by atoms with E-state index in [4.69, 9.17) is 4.74 Å². The van der Waals surface area contributed by atoms with Gasteiger partial charge in [0.2, 0.25) is 0 Å². The molecule has 2 fully saturated rings. The highest BCUT2D eigenvalue weighted by Crippen LogP contribution is 2.52. The van der Waals surface area contributed by atoms with Gasteiger partial charge in [-0.3, -0.25) is 4.79 Å². The monoisotopic (exact) mass is 182 g/mol. The molecule has 2 saturated carbocycles. The average molecular weight is 182 g/mol. The molecule has 0 aromatic rings. The summed E-state index contributed by atoms with van der Waals surface area (Å²) in [6.07, 6.45) is 3.85. The first kappa shape index (κ1) is 9.04. The van der Waals surface area contributed by atoms with Crippen LogP contribution in [0.1, 0.15) is 40.0 Å². The minimum absolute atomic E-state index is 0.0428. The van der Waals surface area contributed by atoms with Crippen LogP contribution in [0, 0.1) is 17.3 Å². The number of fused-ring (bicyclic) bond motifs is 1. The molecule has 0 aliphatic heterocycles. The van der Waals surface area contributed by atoms with Crippen molar-refractivity contribution in [2.45, 2.75) is 46.1 Å². The van der Waals surface area contributed by atoms with Crippen molar-refractivity contribution in [2.75, 3.05) is 0 Å². The Labute approximate surface area is 79.7 Å². The summed E-state index contributed by atoms with van der Waals surface area (Å²) in [5.74, 6) is 1.73. The SMILES string of the molecule is CC(C)(C)C(=O)OC1CC2CC2C1. The Kier molecular flexibility index (Phi) is 1.90. The zero-order valence-corrected chi connectivity index (χ0v) is 8.67. The number of esters is 1. The third-order valence-electron chi connectivity index (χ3n) is 3.09. The van der Waals surface area contributed by atoms with Crippen molar-refractivity contribution in [3.8, 4) is 0 Å². The molecule has 0 aromatic heterocycles. The van der Waals surface area contributed by atoms with Crippen LogP contribution in [0.2, 0.25) is 0 Å². The lowest BCUT2D eigenvalue weighted by Gasteiger charge is -2.21. The highest BCUT2D eigenvalue weighted by atomic mass is 16.5. The van der Waals surface area contributed by atoms with Gasteiger partial charge >= 0.3 is 5.97 Å². The molecular weight excluding hydrogens is 164 g/mol. The maximum atomic E-state index is 11.5. The van der Waals surface area contributed by atoms with Gasteiger partial charge in [0.05, 0.1) is 5.41 Å². The summed E-state index contributed by atoms with van der Waals surface area (Å²) in [7, 11) is 0. The van der Waals surface area contributed by atoms with Crippen LogP contribution in [0.25, 0.3) is 0 Å². The van der Waals surface area contributed by atoms with Crippen LogP contribution >= 0.6 is 0 Å². The van der Waals surface area contributed by atoms with Crippen LogP contribution in [0.4, 0.5) is 0 Å². The predicted octanol–water partition coefficient (Wildman–Crippen LogP) is 2.37. The molecule has 2 aliphatic carbocycles. The van der Waals surface area contributed by atoms with Crippen molar-refractivity contribution in [1.29, 1.82) is 0 Å². The fraction of sp³-hybridized carbons (Fsp3) is 0.909. The van der Waals surface area contributed by atoms with E-state index in [1.807, 2.05) is 20.8 Å². The molecule has 2 rings (SSSR count). The van der Waals surface area contributed by atoms with E-state index in [2.05, 4.69) is 0 Å². The van der Waals surface area contributed by atoms with E-state index >= 15 is 0 Å². The van der Waals surface area contributed by atoms with Crippen molar-refractivity contribution in [2.24, 2.45) is 17.3 Å². The smallest absolute Gasteiger partial charge is 0.311 e. The molecule has 2 aliphatic rings. The third-order valence-corrected chi connectivity index (χ3v) is 3.09. The maximum Gasteiger partial charge on any atom is 0.311 e. The van der Waals surface area contributed by atoms with Crippen molar-refractivity contribution in [3.05, 3.63) is 0 Å². The van der Waals surface area contributed by atoms with Gasteiger partial charge in [0.15, 0.2) is 0 Å². The Bertz CT molecular complexity index is 217. The number of ether oxygens (including phenoxy) is 1. The molecule has 0 saturated heterocycles. The summed E-state index contributed by atoms with van der Waals surface area (Å²) >= 11 is 0. The number of rotatable bonds is 1. The molecule has 0 bridgehead atoms. The Morgan fingerprint density at radius 3 is 2.15 bits per heavy atom. The minimum atomic E-state index is -0.340. The van der Waals surface area contributed by atoms with Gasteiger partial charge in [-0.2, -0.15) is 0 Å². The maximum absolute atomic E-state index is 11.5. The quantitative estimate of drug-likeness (QED) is 0.582. The van der Waals surface area contributed by atoms with Crippen molar-refractivity contribution in [1.82, 2.24) is 0 Å². The van der Waals surface area contributed by atoms with Gasteiger partial charge in [-0.25, -0.2) is 0 Å². The second-order valence-electron chi connectivity index (χ2n) is 5.50. The van der Waals surface area contributed by atoms with Gasteiger partial charge in [-0.1, -0.05) is 0 Å². The normalized spacial score (nSPS) is 37.0. The van der Waals surface area contributed by atoms with Crippen LogP contribution in [0.5, 0.6) is 0 Å². The fourth-order valence-corrected chi connectivity index (χ4v) is 2.08. The lowest BCUT2D eigenvalue weighted by Crippen LogP contribution is -2.27. The number of hydrogen-bond donors (Lipinski definition) is 0. The fourth-order valence-electron chi connectivity index (χ4n) is 2.08. The molecular formula is C11H18O2. The lowest BCUT2D eigenvalue weighted by atomic mass is 9.97. The minimum Gasteiger partial charge on any atom is -0.462 e. The molecule has 2 atom stereocenters. The molecule has 0 spiro atoms. The molecule has 0 heterocycles. The van der Waals surface area contributed by atoms with Gasteiger partial charge < -0.3 is 4.74 Å². The van der Waals surface area contributed by atoms with Gasteiger partial charge in [-0.15, -0.1) is 0 Å². The van der Waals surface area contributed by atoms with E-state index < -0.39 is 0 Å². The zero-order valence-electron chi connectivity index (χ0n) is 8.67. The molecule has 2 unspecified atom stereocenters. The van der Waals surface area contributed by atoms with E-state index in [0.717, 1.165) is 24.7 Å². The summed E-state index contributed by atoms with van der Waals surface area (Å²) in [6.45, 7) is 5.72. The van der Waals surface area contributed by atoms with E-state index in [9.17, 15) is 4.79 Å². The zero-order chi connectivity index (χ0) is 9.64. The van der Waals surface area contributed by atoms with Crippen LogP contribution in [0.15, 0.2) is 0 Å². The van der Waals surface area contributed by atoms with Gasteiger partial charge in [-0.05, 0) is 51.9 Å². The molecule has 2 heteroatoms. The van der Waals surface area contributed by atoms with Crippen molar-refractivity contribution < 1.29 is 9.53 Å². The first-order valence-electron chi connectivity index (χ1n) is 5.18. The Hall–Kier alpha value is -0.530. The number of carbonyl (C=O) groups excluding carboxylic acids is 1. The van der Waals surface area contributed by atoms with Gasteiger partial charge in [0.1, 0.15) is 6.10 Å². The van der Waals surface area contributed by atoms with Crippen molar-refractivity contribution >= 4 is 5.97 Å². The summed E-state index contributed by atoms with van der Waals surface area (Å²) in [4.78, 5) is 11.5. The molecule has 13 heavy (non-hydrogen) atoms. The highest BCUT2D eigenvalue weighted by Gasteiger charge is 2.47. The summed E-state index contributed by atoms with van der Waals surface area (Å²) in [6, 6.07) is 0. The van der Waals surface area contributed by atoms with Crippen LogP contribution in [-0.2, 0) is 9.53 Å².